The molecular formula is C21H13F3N2O2S. The lowest BCUT2D eigenvalue weighted by Crippen LogP contribution is -2.16. The van der Waals surface area contributed by atoms with Gasteiger partial charge < -0.3 is 5.73 Å². The Labute approximate surface area is 166 Å². The van der Waals surface area contributed by atoms with Crippen LogP contribution in [-0.2, 0) is 6.18 Å². The molecule has 0 fully saturated rings. The number of anilines is 1. The minimum Gasteiger partial charge on any atom is -0.390 e. The van der Waals surface area contributed by atoms with E-state index in [2.05, 4.69) is 0 Å². The van der Waals surface area contributed by atoms with Crippen LogP contribution in [0.4, 0.5) is 18.2 Å². The van der Waals surface area contributed by atoms with Crippen LogP contribution in [0, 0.1) is 0 Å². The Bertz CT molecular complexity index is 1270. The predicted octanol–water partition coefficient (Wildman–Crippen LogP) is 4.88. The fraction of sp³-hybridized carbons (Fsp3) is 0.0476. The van der Waals surface area contributed by atoms with E-state index in [4.69, 9.17) is 5.73 Å². The van der Waals surface area contributed by atoms with Crippen LogP contribution in [0.2, 0.25) is 0 Å². The van der Waals surface area contributed by atoms with Gasteiger partial charge in [0, 0.05) is 17.0 Å². The van der Waals surface area contributed by atoms with Gasteiger partial charge in [-0.1, -0.05) is 41.7 Å². The molecule has 29 heavy (non-hydrogen) atoms. The third kappa shape index (κ3) is 3.31. The number of benzene rings is 2. The maximum Gasteiger partial charge on any atom is 0.416 e. The zero-order valence-electron chi connectivity index (χ0n) is 14.7. The highest BCUT2D eigenvalue weighted by Gasteiger charge is 2.30. The first-order chi connectivity index (χ1) is 13.8. The molecule has 0 spiro atoms. The molecule has 4 rings (SSSR count). The molecule has 146 valence electrons. The molecule has 2 aromatic heterocycles. The number of halogens is 3. The van der Waals surface area contributed by atoms with Crippen LogP contribution in [0.5, 0.6) is 0 Å². The average Bonchev–Trinajstić information content (AvgIpc) is 3.03. The predicted molar refractivity (Wildman–Crippen MR) is 107 cm³/mol. The Balaban J connectivity index is 1.86. The number of thiophene rings is 1. The lowest BCUT2D eigenvalue weighted by Gasteiger charge is -2.08. The van der Waals surface area contributed by atoms with Crippen molar-refractivity contribution < 1.29 is 18.0 Å². The Morgan fingerprint density at radius 3 is 2.21 bits per heavy atom. The largest absolute Gasteiger partial charge is 0.416 e. The number of nitrogens with zero attached hydrogens (tertiary/aromatic N) is 1. The summed E-state index contributed by atoms with van der Waals surface area (Å²) in [4.78, 5) is 26.0. The molecule has 0 saturated heterocycles. The number of hydrogen-bond acceptors (Lipinski definition) is 4. The number of rotatable bonds is 3. The zero-order valence-corrected chi connectivity index (χ0v) is 15.6. The molecule has 0 atom stereocenters. The van der Waals surface area contributed by atoms with Crippen molar-refractivity contribution >= 4 is 32.3 Å². The number of fused-ring (bicyclic) bond motifs is 1. The number of aromatic nitrogens is 1. The monoisotopic (exact) mass is 414 g/mol. The summed E-state index contributed by atoms with van der Waals surface area (Å²) in [6.07, 6.45) is -4.48. The number of hydrogen-bond donors (Lipinski definition) is 1. The standard InChI is InChI=1S/C21H13F3N2O2S/c22-21(23,24)13-8-6-12(7-9-13)18(28)17-15-10-11-16(27)26(20(15)29-19(17)25)14-4-2-1-3-5-14/h1-11H,25H2. The molecule has 0 radical (unpaired) electrons. The van der Waals surface area contributed by atoms with Gasteiger partial charge in [0.05, 0.1) is 21.8 Å². The van der Waals surface area contributed by atoms with E-state index in [0.29, 0.717) is 15.9 Å². The third-order valence-electron chi connectivity index (χ3n) is 4.48. The van der Waals surface area contributed by atoms with E-state index in [0.717, 1.165) is 35.6 Å². The summed E-state index contributed by atoms with van der Waals surface area (Å²) in [6.45, 7) is 0. The molecule has 0 saturated carbocycles. The van der Waals surface area contributed by atoms with Crippen molar-refractivity contribution in [3.05, 3.63) is 93.8 Å². The van der Waals surface area contributed by atoms with E-state index in [-0.39, 0.29) is 21.7 Å². The van der Waals surface area contributed by atoms with Crippen molar-refractivity contribution in [1.29, 1.82) is 0 Å². The van der Waals surface area contributed by atoms with Crippen LogP contribution >= 0.6 is 11.3 Å². The van der Waals surface area contributed by atoms with Gasteiger partial charge in [-0.2, -0.15) is 13.2 Å². The molecule has 2 aromatic carbocycles. The van der Waals surface area contributed by atoms with Gasteiger partial charge in [0.25, 0.3) is 5.56 Å². The first kappa shape index (κ1) is 18.9. The molecular weight excluding hydrogens is 401 g/mol. The SMILES string of the molecule is Nc1sc2c(ccc(=O)n2-c2ccccc2)c1C(=O)c1ccc(C(F)(F)F)cc1. The van der Waals surface area contributed by atoms with Gasteiger partial charge in [-0.05, 0) is 30.3 Å². The minimum atomic E-state index is -4.48. The first-order valence-electron chi connectivity index (χ1n) is 8.49. The van der Waals surface area contributed by atoms with Crippen molar-refractivity contribution in [2.45, 2.75) is 6.18 Å². The van der Waals surface area contributed by atoms with Crippen LogP contribution in [0.25, 0.3) is 15.9 Å². The van der Waals surface area contributed by atoms with Crippen molar-refractivity contribution in [2.75, 3.05) is 5.73 Å². The molecule has 4 nitrogen and oxygen atoms in total. The van der Waals surface area contributed by atoms with Crippen molar-refractivity contribution in [3.8, 4) is 5.69 Å². The number of para-hydroxylation sites is 1. The normalized spacial score (nSPS) is 11.7. The van der Waals surface area contributed by atoms with Crippen molar-refractivity contribution in [3.63, 3.8) is 0 Å². The molecule has 2 heterocycles. The summed E-state index contributed by atoms with van der Waals surface area (Å²) < 4.78 is 39.8. The second kappa shape index (κ2) is 6.89. The summed E-state index contributed by atoms with van der Waals surface area (Å²) in [6, 6.07) is 15.7. The summed E-state index contributed by atoms with van der Waals surface area (Å²) in [5.74, 6) is -0.499. The van der Waals surface area contributed by atoms with Crippen LogP contribution in [-0.4, -0.2) is 10.4 Å². The number of carbonyl (C=O) groups excluding carboxylic acids is 1. The van der Waals surface area contributed by atoms with E-state index < -0.39 is 17.5 Å². The van der Waals surface area contributed by atoms with Gasteiger partial charge in [0.2, 0.25) is 0 Å². The third-order valence-corrected chi connectivity index (χ3v) is 5.50. The van der Waals surface area contributed by atoms with Gasteiger partial charge in [0.15, 0.2) is 5.78 Å². The summed E-state index contributed by atoms with van der Waals surface area (Å²) >= 11 is 1.08. The van der Waals surface area contributed by atoms with Crippen molar-refractivity contribution in [1.82, 2.24) is 4.57 Å². The minimum absolute atomic E-state index is 0.0851. The van der Waals surface area contributed by atoms with E-state index in [1.807, 2.05) is 6.07 Å². The number of nitrogen functional groups attached to an aromatic ring is 1. The molecule has 0 aliphatic carbocycles. The Morgan fingerprint density at radius 2 is 1.59 bits per heavy atom. The summed E-state index contributed by atoms with van der Waals surface area (Å²) in [5, 5.41) is 0.668. The Morgan fingerprint density at radius 1 is 0.931 bits per heavy atom. The van der Waals surface area contributed by atoms with Gasteiger partial charge in [-0.3, -0.25) is 14.2 Å². The highest BCUT2D eigenvalue weighted by molar-refractivity contribution is 7.22. The topological polar surface area (TPSA) is 65.1 Å². The Kier molecular flexibility index (Phi) is 4.50. The van der Waals surface area contributed by atoms with Gasteiger partial charge in [-0.15, -0.1) is 0 Å². The quantitative estimate of drug-likeness (QED) is 0.486. The molecule has 2 N–H and O–H groups in total. The molecule has 0 aliphatic heterocycles. The number of carbonyl (C=O) groups is 1. The second-order valence-corrected chi connectivity index (χ2v) is 7.34. The summed E-state index contributed by atoms with van der Waals surface area (Å²) in [7, 11) is 0. The van der Waals surface area contributed by atoms with E-state index in [9.17, 15) is 22.8 Å². The lowest BCUT2D eigenvalue weighted by molar-refractivity contribution is -0.137. The van der Waals surface area contributed by atoms with E-state index >= 15 is 0 Å². The number of pyridine rings is 1. The highest BCUT2D eigenvalue weighted by atomic mass is 32.1. The second-order valence-electron chi connectivity index (χ2n) is 6.31. The number of alkyl halides is 3. The highest BCUT2D eigenvalue weighted by Crippen LogP contribution is 2.36. The Hall–Kier alpha value is -3.39. The maximum absolute atomic E-state index is 13.0. The van der Waals surface area contributed by atoms with Gasteiger partial charge in [-0.25, -0.2) is 0 Å². The van der Waals surface area contributed by atoms with Gasteiger partial charge >= 0.3 is 6.18 Å². The molecule has 0 unspecified atom stereocenters. The van der Waals surface area contributed by atoms with Crippen LogP contribution in [0.3, 0.4) is 0 Å². The van der Waals surface area contributed by atoms with Crippen LogP contribution in [0.15, 0.2) is 71.5 Å². The fourth-order valence-corrected chi connectivity index (χ4v) is 4.19. The maximum atomic E-state index is 13.0. The number of ketones is 1. The number of nitrogens with two attached hydrogens (primary N) is 1. The smallest absolute Gasteiger partial charge is 0.390 e. The molecule has 0 aliphatic rings. The van der Waals surface area contributed by atoms with E-state index in [1.165, 1.54) is 16.7 Å². The van der Waals surface area contributed by atoms with Crippen LogP contribution < -0.4 is 11.3 Å². The van der Waals surface area contributed by atoms with Crippen molar-refractivity contribution in [2.24, 2.45) is 0 Å². The van der Waals surface area contributed by atoms with E-state index in [1.54, 1.807) is 24.3 Å². The van der Waals surface area contributed by atoms with Crippen LogP contribution in [0.1, 0.15) is 21.5 Å². The van der Waals surface area contributed by atoms with Gasteiger partial charge in [0.1, 0.15) is 4.83 Å². The zero-order chi connectivity index (χ0) is 20.8. The molecule has 0 bridgehead atoms. The molecule has 0 amide bonds. The first-order valence-corrected chi connectivity index (χ1v) is 9.30. The fourth-order valence-electron chi connectivity index (χ4n) is 3.11. The molecule has 8 heteroatoms. The summed E-state index contributed by atoms with van der Waals surface area (Å²) in [5.41, 5.74) is 5.86. The lowest BCUT2D eigenvalue weighted by atomic mass is 10.0. The average molecular weight is 414 g/mol. The molecule has 4 aromatic rings.